The molecular formula is C18H19BrN2O3S. The van der Waals surface area contributed by atoms with Crippen LogP contribution in [0.5, 0.6) is 0 Å². The summed E-state index contributed by atoms with van der Waals surface area (Å²) in [6.45, 7) is 5.31. The summed E-state index contributed by atoms with van der Waals surface area (Å²) >= 11 is 3.43. The number of sulfonamides is 1. The Morgan fingerprint density at radius 2 is 1.80 bits per heavy atom. The van der Waals surface area contributed by atoms with Gasteiger partial charge in [-0.05, 0) is 45.0 Å². The Kier molecular flexibility index (Phi) is 4.41. The molecule has 0 atom stereocenters. The van der Waals surface area contributed by atoms with Gasteiger partial charge in [0.2, 0.25) is 5.91 Å². The molecule has 132 valence electrons. The molecule has 0 unspecified atom stereocenters. The van der Waals surface area contributed by atoms with E-state index in [1.54, 1.807) is 36.4 Å². The molecule has 0 radical (unpaired) electrons. The van der Waals surface area contributed by atoms with Gasteiger partial charge in [-0.1, -0.05) is 34.1 Å². The molecule has 0 aromatic heterocycles. The van der Waals surface area contributed by atoms with Crippen molar-refractivity contribution in [3.05, 3.63) is 46.9 Å². The maximum atomic E-state index is 13.1. The molecule has 2 aromatic carbocycles. The van der Waals surface area contributed by atoms with Crippen LogP contribution in [0.25, 0.3) is 11.1 Å². The van der Waals surface area contributed by atoms with Gasteiger partial charge in [0.05, 0.1) is 10.6 Å². The van der Waals surface area contributed by atoms with Crippen LogP contribution in [-0.4, -0.2) is 26.4 Å². The summed E-state index contributed by atoms with van der Waals surface area (Å²) in [4.78, 5) is 12.6. The second kappa shape index (κ2) is 6.14. The molecule has 1 heterocycles. The Morgan fingerprint density at radius 3 is 2.48 bits per heavy atom. The number of nitrogens with zero attached hydrogens (tertiary/aromatic N) is 1. The number of fused-ring (bicyclic) bond motifs is 3. The first kappa shape index (κ1) is 17.9. The predicted octanol–water partition coefficient (Wildman–Crippen LogP) is 3.54. The molecule has 1 aliphatic rings. The van der Waals surface area contributed by atoms with Crippen LogP contribution in [0.2, 0.25) is 0 Å². The summed E-state index contributed by atoms with van der Waals surface area (Å²) < 4.78 is 28.2. The van der Waals surface area contributed by atoms with Crippen LogP contribution < -0.4 is 9.62 Å². The van der Waals surface area contributed by atoms with Gasteiger partial charge in [-0.15, -0.1) is 0 Å². The lowest BCUT2D eigenvalue weighted by Gasteiger charge is -2.32. The lowest BCUT2D eigenvalue weighted by Crippen LogP contribution is -2.48. The summed E-state index contributed by atoms with van der Waals surface area (Å²) in [6, 6.07) is 12.2. The molecule has 25 heavy (non-hydrogen) atoms. The largest absolute Gasteiger partial charge is 0.350 e. The van der Waals surface area contributed by atoms with Gasteiger partial charge in [0.25, 0.3) is 10.0 Å². The fraction of sp³-hybridized carbons (Fsp3) is 0.278. The van der Waals surface area contributed by atoms with Crippen LogP contribution in [-0.2, 0) is 14.8 Å². The van der Waals surface area contributed by atoms with E-state index < -0.39 is 15.6 Å². The number of anilines is 1. The molecule has 1 N–H and O–H groups in total. The summed E-state index contributed by atoms with van der Waals surface area (Å²) in [6.07, 6.45) is 0. The molecule has 0 saturated carbocycles. The van der Waals surface area contributed by atoms with Crippen LogP contribution in [0, 0.1) is 0 Å². The first-order chi connectivity index (χ1) is 11.6. The van der Waals surface area contributed by atoms with E-state index in [0.717, 1.165) is 10.0 Å². The number of halogens is 1. The molecule has 0 aliphatic carbocycles. The second-order valence-electron chi connectivity index (χ2n) is 6.97. The van der Waals surface area contributed by atoms with Crippen LogP contribution in [0.1, 0.15) is 20.8 Å². The molecule has 1 amide bonds. The number of hydrogen-bond donors (Lipinski definition) is 1. The highest BCUT2D eigenvalue weighted by Gasteiger charge is 2.36. The fourth-order valence-electron chi connectivity index (χ4n) is 2.86. The van der Waals surface area contributed by atoms with Crippen LogP contribution in [0.4, 0.5) is 5.69 Å². The Bertz CT molecular complexity index is 949. The van der Waals surface area contributed by atoms with E-state index in [0.29, 0.717) is 11.3 Å². The third-order valence-corrected chi connectivity index (χ3v) is 6.09. The lowest BCUT2D eigenvalue weighted by atomic mass is 10.0. The van der Waals surface area contributed by atoms with Crippen LogP contribution >= 0.6 is 15.9 Å². The predicted molar refractivity (Wildman–Crippen MR) is 102 cm³/mol. The van der Waals surface area contributed by atoms with E-state index >= 15 is 0 Å². The van der Waals surface area contributed by atoms with E-state index in [9.17, 15) is 13.2 Å². The number of carbonyl (C=O) groups excluding carboxylic acids is 1. The van der Waals surface area contributed by atoms with Gasteiger partial charge in [-0.2, -0.15) is 0 Å². The molecule has 0 bridgehead atoms. The molecule has 0 saturated heterocycles. The zero-order valence-corrected chi connectivity index (χ0v) is 16.6. The zero-order valence-electron chi connectivity index (χ0n) is 14.2. The Morgan fingerprint density at radius 1 is 1.12 bits per heavy atom. The number of carbonyl (C=O) groups is 1. The van der Waals surface area contributed by atoms with Crippen LogP contribution in [0.15, 0.2) is 51.8 Å². The molecular weight excluding hydrogens is 404 g/mol. The molecule has 0 fully saturated rings. The minimum absolute atomic E-state index is 0.212. The topological polar surface area (TPSA) is 66.5 Å². The van der Waals surface area contributed by atoms with Crippen molar-refractivity contribution in [2.75, 3.05) is 10.8 Å². The number of benzene rings is 2. The van der Waals surface area contributed by atoms with Crippen molar-refractivity contribution in [1.29, 1.82) is 0 Å². The molecule has 2 aromatic rings. The van der Waals surface area contributed by atoms with Gasteiger partial charge in [-0.3, -0.25) is 9.10 Å². The normalized spacial score (nSPS) is 15.3. The standard InChI is InChI=1S/C18H19BrN2O3S/c1-18(2,3)20-17(22)11-21-15-9-8-12(19)10-14(15)13-6-4-5-7-16(13)25(21,23)24/h4-10H,11H2,1-3H3,(H,20,22). The number of hydrogen-bond acceptors (Lipinski definition) is 3. The highest BCUT2D eigenvalue weighted by atomic mass is 79.9. The molecule has 0 spiro atoms. The first-order valence-electron chi connectivity index (χ1n) is 7.82. The average Bonchev–Trinajstić information content (AvgIpc) is 2.50. The van der Waals surface area contributed by atoms with Crippen molar-refractivity contribution in [2.24, 2.45) is 0 Å². The average molecular weight is 423 g/mol. The fourth-order valence-corrected chi connectivity index (χ4v) is 4.87. The zero-order chi connectivity index (χ0) is 18.4. The Labute approximate surface area is 156 Å². The van der Waals surface area contributed by atoms with Crippen molar-refractivity contribution in [3.8, 4) is 11.1 Å². The SMILES string of the molecule is CC(C)(C)NC(=O)CN1c2ccc(Br)cc2-c2ccccc2S1(=O)=O. The minimum atomic E-state index is -3.80. The molecule has 5 nitrogen and oxygen atoms in total. The van der Waals surface area contributed by atoms with E-state index in [4.69, 9.17) is 0 Å². The van der Waals surface area contributed by atoms with Gasteiger partial charge in [0, 0.05) is 21.1 Å². The molecule has 3 rings (SSSR count). The summed E-state index contributed by atoms with van der Waals surface area (Å²) in [7, 11) is -3.80. The van der Waals surface area contributed by atoms with Gasteiger partial charge in [0.1, 0.15) is 6.54 Å². The summed E-state index contributed by atoms with van der Waals surface area (Å²) in [5, 5.41) is 2.82. The number of amides is 1. The summed E-state index contributed by atoms with van der Waals surface area (Å²) in [5.41, 5.74) is 1.50. The van der Waals surface area contributed by atoms with Gasteiger partial charge in [-0.25, -0.2) is 8.42 Å². The summed E-state index contributed by atoms with van der Waals surface area (Å²) in [5.74, 6) is -0.343. The minimum Gasteiger partial charge on any atom is -0.350 e. The van der Waals surface area contributed by atoms with Gasteiger partial charge in [0.15, 0.2) is 0 Å². The Balaban J connectivity index is 2.12. The number of nitrogens with one attached hydrogen (secondary N) is 1. The third kappa shape index (κ3) is 3.43. The van der Waals surface area contributed by atoms with Crippen molar-refractivity contribution < 1.29 is 13.2 Å². The van der Waals surface area contributed by atoms with E-state index in [1.165, 1.54) is 4.31 Å². The van der Waals surface area contributed by atoms with Crippen molar-refractivity contribution in [3.63, 3.8) is 0 Å². The highest BCUT2D eigenvalue weighted by Crippen LogP contribution is 2.43. The van der Waals surface area contributed by atoms with E-state index in [1.807, 2.05) is 26.8 Å². The van der Waals surface area contributed by atoms with Gasteiger partial charge < -0.3 is 5.32 Å². The second-order valence-corrected chi connectivity index (χ2v) is 9.71. The monoisotopic (exact) mass is 422 g/mol. The number of rotatable bonds is 2. The van der Waals surface area contributed by atoms with E-state index in [-0.39, 0.29) is 17.3 Å². The van der Waals surface area contributed by atoms with E-state index in [2.05, 4.69) is 21.2 Å². The quantitative estimate of drug-likeness (QED) is 0.804. The maximum Gasteiger partial charge on any atom is 0.265 e. The lowest BCUT2D eigenvalue weighted by molar-refractivity contribution is -0.121. The maximum absolute atomic E-state index is 13.1. The smallest absolute Gasteiger partial charge is 0.265 e. The highest BCUT2D eigenvalue weighted by molar-refractivity contribution is 9.10. The van der Waals surface area contributed by atoms with Crippen LogP contribution in [0.3, 0.4) is 0 Å². The molecule has 7 heteroatoms. The first-order valence-corrected chi connectivity index (χ1v) is 10.1. The molecule has 1 aliphatic heterocycles. The van der Waals surface area contributed by atoms with Crippen molar-refractivity contribution in [1.82, 2.24) is 5.32 Å². The van der Waals surface area contributed by atoms with Crippen molar-refractivity contribution in [2.45, 2.75) is 31.2 Å². The van der Waals surface area contributed by atoms with Crippen molar-refractivity contribution >= 4 is 37.5 Å². The van der Waals surface area contributed by atoms with Gasteiger partial charge >= 0.3 is 0 Å². The third-order valence-electron chi connectivity index (χ3n) is 3.77. The Hall–Kier alpha value is -1.86.